The van der Waals surface area contributed by atoms with Crippen LogP contribution < -0.4 is 16.6 Å². The fourth-order valence-corrected chi connectivity index (χ4v) is 2.88. The van der Waals surface area contributed by atoms with Crippen LogP contribution >= 0.6 is 0 Å². The number of aromatic nitrogens is 2. The minimum Gasteiger partial charge on any atom is -0.462 e. The highest BCUT2D eigenvalue weighted by Gasteiger charge is 2.12. The number of Topliss-reactive ketones (excluding diaryl/α,β-unsaturated/α-hetero) is 1. The summed E-state index contributed by atoms with van der Waals surface area (Å²) in [4.78, 5) is 42.8. The molecule has 1 heterocycles. The van der Waals surface area contributed by atoms with Gasteiger partial charge in [0.2, 0.25) is 5.95 Å². The second-order valence-corrected chi connectivity index (χ2v) is 6.99. The normalized spacial score (nSPS) is 10.8. The first-order chi connectivity index (χ1) is 16.0. The number of nitrogens with zero attached hydrogens (tertiary/aromatic N) is 3. The van der Waals surface area contributed by atoms with Crippen LogP contribution in [0.5, 0.6) is 0 Å². The second-order valence-electron chi connectivity index (χ2n) is 6.99. The van der Waals surface area contributed by atoms with Crippen LogP contribution in [0.2, 0.25) is 0 Å². The minimum absolute atomic E-state index is 0.0648. The molecule has 0 radical (unpaired) electrons. The van der Waals surface area contributed by atoms with Gasteiger partial charge in [-0.15, -0.1) is 5.11 Å². The molecule has 10 nitrogen and oxygen atoms in total. The molecule has 10 heteroatoms. The Labute approximate surface area is 189 Å². The summed E-state index contributed by atoms with van der Waals surface area (Å²) in [5.74, 6) is -0.511. The van der Waals surface area contributed by atoms with Gasteiger partial charge in [0.05, 0.1) is 24.4 Å². The van der Waals surface area contributed by atoms with Crippen molar-refractivity contribution in [3.05, 3.63) is 76.1 Å². The van der Waals surface area contributed by atoms with Gasteiger partial charge in [-0.25, -0.2) is 4.79 Å². The van der Waals surface area contributed by atoms with E-state index in [-0.39, 0.29) is 42.2 Å². The zero-order chi connectivity index (χ0) is 23.6. The van der Waals surface area contributed by atoms with Gasteiger partial charge in [-0.05, 0) is 43.2 Å². The summed E-state index contributed by atoms with van der Waals surface area (Å²) in [6, 6.07) is 15.8. The van der Waals surface area contributed by atoms with Crippen molar-refractivity contribution >= 4 is 34.9 Å². The Morgan fingerprint density at radius 1 is 1.09 bits per heavy atom. The average molecular weight is 448 g/mol. The number of anilines is 2. The van der Waals surface area contributed by atoms with E-state index >= 15 is 0 Å². The van der Waals surface area contributed by atoms with Gasteiger partial charge in [0.1, 0.15) is 0 Å². The summed E-state index contributed by atoms with van der Waals surface area (Å²) in [5, 5.41) is 10.8. The number of aromatic amines is 1. The van der Waals surface area contributed by atoms with Crippen LogP contribution in [0.15, 0.2) is 69.6 Å². The number of hydrogen-bond acceptors (Lipinski definition) is 9. The lowest BCUT2D eigenvalue weighted by atomic mass is 10.1. The van der Waals surface area contributed by atoms with Gasteiger partial charge in [-0.3, -0.25) is 14.6 Å². The quantitative estimate of drug-likeness (QED) is 0.317. The molecule has 0 aliphatic carbocycles. The maximum absolute atomic E-state index is 12.4. The molecule has 4 N–H and O–H groups in total. The molecule has 0 unspecified atom stereocenters. The lowest BCUT2D eigenvalue weighted by molar-refractivity contribution is -0.117. The topological polar surface area (TPSA) is 152 Å². The first-order valence-corrected chi connectivity index (χ1v) is 10.3. The standard InChI is InChI=1S/C23H24N6O4/c1-2-33-22(32)16-11-8-15(9-12-16)10-13-18(30)14-25-20-19(21(31)27-23(24)26-20)29-28-17-6-4-3-5-7-17/h3-9,11-12H,2,10,13-14H2,1H3,(H4,24,25,26,27,31). The maximum atomic E-state index is 12.4. The predicted octanol–water partition coefficient (Wildman–Crippen LogP) is 3.56. The molecule has 2 aromatic carbocycles. The fraction of sp³-hybridized carbons (Fsp3) is 0.217. The Morgan fingerprint density at radius 2 is 1.82 bits per heavy atom. The lowest BCUT2D eigenvalue weighted by Gasteiger charge is -2.08. The maximum Gasteiger partial charge on any atom is 0.338 e. The number of nitrogens with two attached hydrogens (primary N) is 1. The largest absolute Gasteiger partial charge is 0.462 e. The number of esters is 1. The Balaban J connectivity index is 1.60. The molecule has 0 amide bonds. The molecule has 0 bridgehead atoms. The van der Waals surface area contributed by atoms with E-state index in [0.717, 1.165) is 5.56 Å². The lowest BCUT2D eigenvalue weighted by Crippen LogP contribution is -2.19. The van der Waals surface area contributed by atoms with E-state index in [4.69, 9.17) is 10.5 Å². The molecule has 0 saturated carbocycles. The molecule has 0 saturated heterocycles. The highest BCUT2D eigenvalue weighted by atomic mass is 16.5. The second kappa shape index (κ2) is 11.3. The third-order valence-corrected chi connectivity index (χ3v) is 4.55. The molecule has 0 fully saturated rings. The smallest absolute Gasteiger partial charge is 0.338 e. The van der Waals surface area contributed by atoms with E-state index < -0.39 is 5.56 Å². The van der Waals surface area contributed by atoms with Crippen LogP contribution in [0.1, 0.15) is 29.3 Å². The summed E-state index contributed by atoms with van der Waals surface area (Å²) in [6.07, 6.45) is 0.750. The van der Waals surface area contributed by atoms with Gasteiger partial charge >= 0.3 is 5.97 Å². The molecule has 0 aliphatic rings. The number of aryl methyl sites for hydroxylation is 1. The molecule has 3 aromatic rings. The number of rotatable bonds is 10. The van der Waals surface area contributed by atoms with Crippen LogP contribution in [0.25, 0.3) is 0 Å². The van der Waals surface area contributed by atoms with Crippen LogP contribution in [-0.4, -0.2) is 34.9 Å². The van der Waals surface area contributed by atoms with Crippen LogP contribution in [0.3, 0.4) is 0 Å². The molecule has 0 aliphatic heterocycles. The first-order valence-electron chi connectivity index (χ1n) is 10.3. The number of ether oxygens (including phenoxy) is 1. The Bertz CT molecular complexity index is 1190. The fourth-order valence-electron chi connectivity index (χ4n) is 2.88. The van der Waals surface area contributed by atoms with Gasteiger partial charge in [-0.1, -0.05) is 30.3 Å². The van der Waals surface area contributed by atoms with Crippen molar-refractivity contribution in [3.8, 4) is 0 Å². The monoisotopic (exact) mass is 448 g/mol. The van der Waals surface area contributed by atoms with Gasteiger partial charge in [-0.2, -0.15) is 10.1 Å². The van der Waals surface area contributed by atoms with Crippen molar-refractivity contribution in [1.82, 2.24) is 9.97 Å². The third-order valence-electron chi connectivity index (χ3n) is 4.55. The first kappa shape index (κ1) is 23.3. The van der Waals surface area contributed by atoms with Crippen molar-refractivity contribution in [1.29, 1.82) is 0 Å². The SMILES string of the molecule is CCOC(=O)c1ccc(CCC(=O)CNc2nc(N)[nH]c(=O)c2N=Nc2ccccc2)cc1. The number of nitrogens with one attached hydrogen (secondary N) is 2. The summed E-state index contributed by atoms with van der Waals surface area (Å²) in [5.41, 5.74) is 6.92. The van der Waals surface area contributed by atoms with Crippen molar-refractivity contribution in [3.63, 3.8) is 0 Å². The predicted molar refractivity (Wildman–Crippen MR) is 124 cm³/mol. The van der Waals surface area contributed by atoms with Gasteiger partial charge < -0.3 is 15.8 Å². The zero-order valence-electron chi connectivity index (χ0n) is 18.1. The van der Waals surface area contributed by atoms with Crippen molar-refractivity contribution < 1.29 is 14.3 Å². The zero-order valence-corrected chi connectivity index (χ0v) is 18.1. The number of benzene rings is 2. The highest BCUT2D eigenvalue weighted by molar-refractivity contribution is 5.89. The Hall–Kier alpha value is -4.34. The van der Waals surface area contributed by atoms with E-state index in [9.17, 15) is 14.4 Å². The molecular weight excluding hydrogens is 424 g/mol. The van der Waals surface area contributed by atoms with Crippen molar-refractivity contribution in [2.24, 2.45) is 10.2 Å². The van der Waals surface area contributed by atoms with E-state index in [1.165, 1.54) is 0 Å². The third kappa shape index (κ3) is 6.82. The summed E-state index contributed by atoms with van der Waals surface area (Å²) in [6.45, 7) is 1.99. The van der Waals surface area contributed by atoms with E-state index in [1.54, 1.807) is 55.5 Å². The molecule has 33 heavy (non-hydrogen) atoms. The molecule has 3 rings (SSSR count). The van der Waals surface area contributed by atoms with Crippen LogP contribution in [0, 0.1) is 0 Å². The molecule has 1 aromatic heterocycles. The highest BCUT2D eigenvalue weighted by Crippen LogP contribution is 2.21. The molecular formula is C23H24N6O4. The van der Waals surface area contributed by atoms with Gasteiger partial charge in [0.15, 0.2) is 17.3 Å². The molecule has 0 spiro atoms. The van der Waals surface area contributed by atoms with E-state index in [0.29, 0.717) is 24.3 Å². The summed E-state index contributed by atoms with van der Waals surface area (Å²) >= 11 is 0. The minimum atomic E-state index is -0.571. The molecule has 170 valence electrons. The number of nitrogen functional groups attached to an aromatic ring is 1. The number of ketones is 1. The number of carbonyl (C=O) groups is 2. The Morgan fingerprint density at radius 3 is 2.52 bits per heavy atom. The van der Waals surface area contributed by atoms with Gasteiger partial charge in [0.25, 0.3) is 5.56 Å². The number of azo groups is 1. The average Bonchev–Trinajstić information content (AvgIpc) is 2.81. The van der Waals surface area contributed by atoms with Crippen LogP contribution in [0.4, 0.5) is 23.1 Å². The summed E-state index contributed by atoms with van der Waals surface area (Å²) < 4.78 is 4.95. The van der Waals surface area contributed by atoms with Crippen molar-refractivity contribution in [2.45, 2.75) is 19.8 Å². The van der Waals surface area contributed by atoms with E-state index in [1.807, 2.05) is 6.07 Å². The number of carbonyl (C=O) groups excluding carboxylic acids is 2. The van der Waals surface area contributed by atoms with Gasteiger partial charge in [0, 0.05) is 6.42 Å². The summed E-state index contributed by atoms with van der Waals surface area (Å²) in [7, 11) is 0. The molecule has 0 atom stereocenters. The van der Waals surface area contributed by atoms with Crippen LogP contribution in [-0.2, 0) is 16.0 Å². The number of H-pyrrole nitrogens is 1. The number of hydrogen-bond donors (Lipinski definition) is 3. The van der Waals surface area contributed by atoms with E-state index in [2.05, 4.69) is 25.5 Å². The van der Waals surface area contributed by atoms with Crippen molar-refractivity contribution in [2.75, 3.05) is 24.2 Å². The Kier molecular flexibility index (Phi) is 8.01.